The summed E-state index contributed by atoms with van der Waals surface area (Å²) >= 11 is 3.03. The Labute approximate surface area is 129 Å². The summed E-state index contributed by atoms with van der Waals surface area (Å²) < 4.78 is 33.0. The van der Waals surface area contributed by atoms with Gasteiger partial charge in [-0.3, -0.25) is 0 Å². The summed E-state index contributed by atoms with van der Waals surface area (Å²) in [6, 6.07) is 6.75. The summed E-state index contributed by atoms with van der Waals surface area (Å²) in [5, 5.41) is 12.3. The van der Waals surface area contributed by atoms with E-state index in [2.05, 4.69) is 21.2 Å². The van der Waals surface area contributed by atoms with E-state index in [4.69, 9.17) is 4.74 Å². The minimum absolute atomic E-state index is 0.00875. The Bertz CT molecular complexity index is 641. The lowest BCUT2D eigenvalue weighted by Gasteiger charge is -2.18. The first kappa shape index (κ1) is 15.6. The maximum atomic E-state index is 13.8. The van der Waals surface area contributed by atoms with E-state index in [0.717, 1.165) is 5.56 Å². The summed E-state index contributed by atoms with van der Waals surface area (Å²) in [4.78, 5) is 0. The van der Waals surface area contributed by atoms with Crippen molar-refractivity contribution in [3.05, 3.63) is 52.0 Å². The highest BCUT2D eigenvalue weighted by Crippen LogP contribution is 2.32. The highest BCUT2D eigenvalue weighted by Gasteiger charge is 2.15. The number of methoxy groups -OCH3 is 1. The Kier molecular flexibility index (Phi) is 4.67. The Morgan fingerprint density at radius 1 is 1.19 bits per heavy atom. The number of benzene rings is 2. The van der Waals surface area contributed by atoms with Crippen LogP contribution in [0.4, 0.5) is 14.5 Å². The first-order valence-electron chi connectivity index (χ1n) is 6.20. The fraction of sp³-hybridized carbons (Fsp3) is 0.200. The maximum absolute atomic E-state index is 13.8. The van der Waals surface area contributed by atoms with Crippen LogP contribution in [-0.4, -0.2) is 12.2 Å². The number of hydrogen-bond acceptors (Lipinski definition) is 3. The van der Waals surface area contributed by atoms with Crippen LogP contribution in [0.5, 0.6) is 11.5 Å². The molecule has 6 heteroatoms. The van der Waals surface area contributed by atoms with Gasteiger partial charge in [0.15, 0.2) is 11.5 Å². The topological polar surface area (TPSA) is 41.5 Å². The van der Waals surface area contributed by atoms with Crippen LogP contribution in [0.3, 0.4) is 0 Å². The zero-order chi connectivity index (χ0) is 15.6. The summed E-state index contributed by atoms with van der Waals surface area (Å²) in [7, 11) is 1.44. The van der Waals surface area contributed by atoms with E-state index in [-0.39, 0.29) is 17.5 Å². The lowest BCUT2D eigenvalue weighted by Crippen LogP contribution is -2.10. The number of hydrogen-bond donors (Lipinski definition) is 2. The van der Waals surface area contributed by atoms with E-state index >= 15 is 0 Å². The van der Waals surface area contributed by atoms with Crippen molar-refractivity contribution in [2.45, 2.75) is 13.0 Å². The molecular formula is C15H14BrF2NO2. The van der Waals surface area contributed by atoms with Crippen LogP contribution < -0.4 is 10.1 Å². The minimum Gasteiger partial charge on any atom is -0.504 e. The van der Waals surface area contributed by atoms with Crippen molar-refractivity contribution >= 4 is 21.6 Å². The standard InChI is InChI=1S/C15H14BrF2NO2/c1-8(9-3-4-13(20)14(5-9)21-2)19-15-11(17)6-10(16)7-12(15)18/h3-8,19-20H,1-2H3. The highest BCUT2D eigenvalue weighted by atomic mass is 79.9. The van der Waals surface area contributed by atoms with Gasteiger partial charge in [-0.2, -0.15) is 0 Å². The number of phenols is 1. The molecule has 0 spiro atoms. The highest BCUT2D eigenvalue weighted by molar-refractivity contribution is 9.10. The molecule has 0 aliphatic carbocycles. The van der Waals surface area contributed by atoms with Crippen LogP contribution in [-0.2, 0) is 0 Å². The molecule has 0 heterocycles. The van der Waals surface area contributed by atoms with Crippen molar-refractivity contribution in [1.29, 1.82) is 0 Å². The molecular weight excluding hydrogens is 344 g/mol. The number of aromatic hydroxyl groups is 1. The molecule has 112 valence electrons. The summed E-state index contributed by atoms with van der Waals surface area (Å²) in [6.45, 7) is 1.76. The molecule has 0 fully saturated rings. The van der Waals surface area contributed by atoms with Crippen molar-refractivity contribution in [3.8, 4) is 11.5 Å². The second-order valence-corrected chi connectivity index (χ2v) is 5.46. The molecule has 0 aliphatic heterocycles. The normalized spacial score (nSPS) is 12.0. The lowest BCUT2D eigenvalue weighted by atomic mass is 10.1. The third-order valence-corrected chi connectivity index (χ3v) is 3.53. The van der Waals surface area contributed by atoms with Crippen molar-refractivity contribution in [2.24, 2.45) is 0 Å². The van der Waals surface area contributed by atoms with Crippen molar-refractivity contribution in [2.75, 3.05) is 12.4 Å². The zero-order valence-corrected chi connectivity index (χ0v) is 13.0. The molecule has 0 amide bonds. The van der Waals surface area contributed by atoms with Gasteiger partial charge >= 0.3 is 0 Å². The SMILES string of the molecule is COc1cc(C(C)Nc2c(F)cc(Br)cc2F)ccc1O. The zero-order valence-electron chi connectivity index (χ0n) is 11.5. The Morgan fingerprint density at radius 3 is 2.38 bits per heavy atom. The molecule has 2 N–H and O–H groups in total. The van der Waals surface area contributed by atoms with Crippen LogP contribution in [0, 0.1) is 11.6 Å². The molecule has 1 atom stereocenters. The Hall–Kier alpha value is -1.82. The van der Waals surface area contributed by atoms with E-state index in [1.54, 1.807) is 19.1 Å². The summed E-state index contributed by atoms with van der Waals surface area (Å²) in [6.07, 6.45) is 0. The predicted molar refractivity (Wildman–Crippen MR) is 80.8 cm³/mol. The quantitative estimate of drug-likeness (QED) is 0.839. The first-order valence-corrected chi connectivity index (χ1v) is 6.99. The molecule has 0 bridgehead atoms. The van der Waals surface area contributed by atoms with E-state index < -0.39 is 11.6 Å². The number of nitrogens with one attached hydrogen (secondary N) is 1. The molecule has 0 saturated heterocycles. The fourth-order valence-corrected chi connectivity index (χ4v) is 2.35. The number of ether oxygens (including phenoxy) is 1. The molecule has 2 aromatic rings. The van der Waals surface area contributed by atoms with Gasteiger partial charge in [-0.05, 0) is 36.8 Å². The van der Waals surface area contributed by atoms with Gasteiger partial charge in [0, 0.05) is 10.5 Å². The molecule has 2 rings (SSSR count). The number of rotatable bonds is 4. The molecule has 2 aromatic carbocycles. The third kappa shape index (κ3) is 3.44. The number of halogens is 3. The van der Waals surface area contributed by atoms with Gasteiger partial charge in [0.05, 0.1) is 7.11 Å². The largest absolute Gasteiger partial charge is 0.504 e. The smallest absolute Gasteiger partial charge is 0.160 e. The average molecular weight is 358 g/mol. The average Bonchev–Trinajstić information content (AvgIpc) is 2.43. The van der Waals surface area contributed by atoms with E-state index in [0.29, 0.717) is 10.2 Å². The summed E-state index contributed by atoms with van der Waals surface area (Å²) in [5.41, 5.74) is 0.532. The second kappa shape index (κ2) is 6.30. The fourth-order valence-electron chi connectivity index (χ4n) is 1.94. The molecule has 0 radical (unpaired) electrons. The Morgan fingerprint density at radius 2 is 1.81 bits per heavy atom. The van der Waals surface area contributed by atoms with Crippen LogP contribution in [0.15, 0.2) is 34.8 Å². The molecule has 0 saturated carbocycles. The number of anilines is 1. The van der Waals surface area contributed by atoms with Gasteiger partial charge in [-0.1, -0.05) is 22.0 Å². The van der Waals surface area contributed by atoms with Crippen LogP contribution >= 0.6 is 15.9 Å². The monoisotopic (exact) mass is 357 g/mol. The van der Waals surface area contributed by atoms with Gasteiger partial charge in [0.25, 0.3) is 0 Å². The lowest BCUT2D eigenvalue weighted by molar-refractivity contribution is 0.373. The van der Waals surface area contributed by atoms with Gasteiger partial charge in [0.1, 0.15) is 17.3 Å². The summed E-state index contributed by atoms with van der Waals surface area (Å²) in [5.74, 6) is -1.05. The van der Waals surface area contributed by atoms with Crippen LogP contribution in [0.25, 0.3) is 0 Å². The molecule has 0 aromatic heterocycles. The van der Waals surface area contributed by atoms with Gasteiger partial charge in [-0.25, -0.2) is 8.78 Å². The molecule has 21 heavy (non-hydrogen) atoms. The van der Waals surface area contributed by atoms with E-state index in [1.165, 1.54) is 25.3 Å². The van der Waals surface area contributed by atoms with Crippen molar-refractivity contribution < 1.29 is 18.6 Å². The third-order valence-electron chi connectivity index (χ3n) is 3.07. The molecule has 1 unspecified atom stereocenters. The minimum atomic E-state index is -0.681. The predicted octanol–water partition coefficient (Wildman–Crippen LogP) is 4.61. The van der Waals surface area contributed by atoms with Crippen molar-refractivity contribution in [3.63, 3.8) is 0 Å². The van der Waals surface area contributed by atoms with Gasteiger partial charge in [0.2, 0.25) is 0 Å². The maximum Gasteiger partial charge on any atom is 0.160 e. The number of phenolic OH excluding ortho intramolecular Hbond substituents is 1. The van der Waals surface area contributed by atoms with Crippen molar-refractivity contribution in [1.82, 2.24) is 0 Å². The molecule has 0 aliphatic rings. The Balaban J connectivity index is 2.28. The van der Waals surface area contributed by atoms with E-state index in [1.807, 2.05) is 0 Å². The molecule has 3 nitrogen and oxygen atoms in total. The second-order valence-electron chi connectivity index (χ2n) is 4.54. The van der Waals surface area contributed by atoms with E-state index in [9.17, 15) is 13.9 Å². The van der Waals surface area contributed by atoms with Crippen LogP contribution in [0.2, 0.25) is 0 Å². The van der Waals surface area contributed by atoms with Gasteiger partial charge < -0.3 is 15.2 Å². The van der Waals surface area contributed by atoms with Gasteiger partial charge in [-0.15, -0.1) is 0 Å². The van der Waals surface area contributed by atoms with Crippen LogP contribution in [0.1, 0.15) is 18.5 Å². The first-order chi connectivity index (χ1) is 9.92.